The molecule has 0 spiro atoms. The molecule has 1 aromatic heterocycles. The fraction of sp³-hybridized carbons (Fsp3) is 0.500. The second kappa shape index (κ2) is 8.07. The number of aryl methyl sites for hydroxylation is 1. The quantitative estimate of drug-likeness (QED) is 0.765. The van der Waals surface area contributed by atoms with E-state index in [2.05, 4.69) is 20.9 Å². The Bertz CT molecular complexity index is 796. The van der Waals surface area contributed by atoms with Crippen LogP contribution in [0.5, 0.6) is 0 Å². The molecule has 0 fully saturated rings. The summed E-state index contributed by atoms with van der Waals surface area (Å²) in [6.45, 7) is 8.04. The predicted molar refractivity (Wildman–Crippen MR) is 103 cm³/mol. The van der Waals surface area contributed by atoms with E-state index in [9.17, 15) is 9.59 Å². The zero-order valence-corrected chi connectivity index (χ0v) is 16.3. The Morgan fingerprint density at radius 3 is 2.42 bits per heavy atom. The van der Waals surface area contributed by atoms with Crippen LogP contribution in [0, 0.1) is 0 Å². The van der Waals surface area contributed by atoms with Gasteiger partial charge in [0.2, 0.25) is 0 Å². The van der Waals surface area contributed by atoms with Crippen LogP contribution in [0.15, 0.2) is 18.2 Å². The van der Waals surface area contributed by atoms with Crippen molar-refractivity contribution in [2.24, 2.45) is 7.05 Å². The number of hydrogen-bond acceptors (Lipinski definition) is 3. The molecule has 2 rings (SSSR count). The summed E-state index contributed by atoms with van der Waals surface area (Å²) in [5.74, 6) is 0.769. The smallest absolute Gasteiger partial charge is 0.319 e. The Labute approximate surface area is 153 Å². The van der Waals surface area contributed by atoms with E-state index in [4.69, 9.17) is 0 Å². The van der Waals surface area contributed by atoms with Gasteiger partial charge in [-0.15, -0.1) is 0 Å². The van der Waals surface area contributed by atoms with Crippen molar-refractivity contribution in [2.75, 3.05) is 12.4 Å². The van der Waals surface area contributed by atoms with E-state index in [1.807, 2.05) is 57.5 Å². The molecule has 8 heteroatoms. The maximum atomic E-state index is 12.1. The second-order valence-corrected chi connectivity index (χ2v) is 7.00. The molecule has 8 nitrogen and oxygen atoms in total. The molecule has 4 amide bonds. The fourth-order valence-corrected chi connectivity index (χ4v) is 2.54. The lowest BCUT2D eigenvalue weighted by molar-refractivity contribution is 0.203. The number of fused-ring (bicyclic) bond motifs is 1. The van der Waals surface area contributed by atoms with Crippen molar-refractivity contribution in [3.63, 3.8) is 0 Å². The molecule has 2 aromatic rings. The summed E-state index contributed by atoms with van der Waals surface area (Å²) >= 11 is 0. The second-order valence-electron chi connectivity index (χ2n) is 7.00. The summed E-state index contributed by atoms with van der Waals surface area (Å²) in [5.41, 5.74) is 2.38. The third kappa shape index (κ3) is 4.87. The minimum Gasteiger partial charge on any atom is -0.336 e. The number of carbonyl (C=O) groups is 2. The van der Waals surface area contributed by atoms with Crippen molar-refractivity contribution in [3.8, 4) is 0 Å². The zero-order valence-electron chi connectivity index (χ0n) is 16.3. The first kappa shape index (κ1) is 19.6. The van der Waals surface area contributed by atoms with Gasteiger partial charge in [-0.3, -0.25) is 0 Å². The van der Waals surface area contributed by atoms with E-state index in [-0.39, 0.29) is 24.1 Å². The molecule has 1 heterocycles. The van der Waals surface area contributed by atoms with Gasteiger partial charge >= 0.3 is 12.1 Å². The average molecular weight is 360 g/mol. The van der Waals surface area contributed by atoms with Crippen LogP contribution in [0.4, 0.5) is 15.3 Å². The Morgan fingerprint density at radius 1 is 1.15 bits per heavy atom. The number of nitrogens with zero attached hydrogens (tertiary/aromatic N) is 3. The highest BCUT2D eigenvalue weighted by atomic mass is 16.2. The summed E-state index contributed by atoms with van der Waals surface area (Å²) in [6.07, 6.45) is 0. The molecule has 142 valence electrons. The molecule has 0 saturated carbocycles. The molecule has 0 aliphatic carbocycles. The lowest BCUT2D eigenvalue weighted by atomic mass is 10.2. The molecule has 0 unspecified atom stereocenters. The van der Waals surface area contributed by atoms with Gasteiger partial charge < -0.3 is 25.4 Å². The number of benzene rings is 1. The molecule has 0 bridgehead atoms. The number of nitrogens with one attached hydrogen (secondary N) is 3. The highest BCUT2D eigenvalue weighted by molar-refractivity contribution is 5.92. The van der Waals surface area contributed by atoms with E-state index in [1.54, 1.807) is 11.9 Å². The van der Waals surface area contributed by atoms with E-state index in [0.29, 0.717) is 12.2 Å². The van der Waals surface area contributed by atoms with Crippen LogP contribution in [-0.2, 0) is 13.6 Å². The van der Waals surface area contributed by atoms with E-state index < -0.39 is 0 Å². The summed E-state index contributed by atoms with van der Waals surface area (Å²) in [6, 6.07) is 5.32. The number of aromatic nitrogens is 2. The van der Waals surface area contributed by atoms with Crippen molar-refractivity contribution >= 4 is 28.8 Å². The van der Waals surface area contributed by atoms with Crippen LogP contribution in [0.3, 0.4) is 0 Å². The number of carbonyl (C=O) groups excluding carboxylic acids is 2. The van der Waals surface area contributed by atoms with E-state index >= 15 is 0 Å². The number of imidazole rings is 1. The van der Waals surface area contributed by atoms with Crippen molar-refractivity contribution in [1.29, 1.82) is 0 Å². The topological polar surface area (TPSA) is 91.3 Å². The Morgan fingerprint density at radius 2 is 1.81 bits per heavy atom. The molecular formula is C18H28N6O2. The van der Waals surface area contributed by atoms with Gasteiger partial charge in [-0.05, 0) is 45.9 Å². The molecular weight excluding hydrogens is 332 g/mol. The van der Waals surface area contributed by atoms with Gasteiger partial charge in [0.05, 0.1) is 17.6 Å². The van der Waals surface area contributed by atoms with Crippen molar-refractivity contribution in [3.05, 3.63) is 24.0 Å². The Hall–Kier alpha value is -2.77. The van der Waals surface area contributed by atoms with Crippen LogP contribution in [0.1, 0.15) is 33.5 Å². The molecule has 0 atom stereocenters. The zero-order chi connectivity index (χ0) is 19.4. The Balaban J connectivity index is 2.16. The normalized spacial score (nSPS) is 11.1. The number of urea groups is 2. The summed E-state index contributed by atoms with van der Waals surface area (Å²) < 4.78 is 1.95. The number of hydrogen-bond donors (Lipinski definition) is 3. The van der Waals surface area contributed by atoms with Crippen molar-refractivity contribution in [1.82, 2.24) is 25.1 Å². The summed E-state index contributed by atoms with van der Waals surface area (Å²) in [4.78, 5) is 30.1. The molecule has 3 N–H and O–H groups in total. The summed E-state index contributed by atoms with van der Waals surface area (Å²) in [7, 11) is 3.65. The first-order valence-corrected chi connectivity index (χ1v) is 8.72. The van der Waals surface area contributed by atoms with Gasteiger partial charge in [-0.25, -0.2) is 14.6 Å². The Kier molecular flexibility index (Phi) is 6.07. The highest BCUT2D eigenvalue weighted by Gasteiger charge is 2.15. The monoisotopic (exact) mass is 360 g/mol. The van der Waals surface area contributed by atoms with Crippen molar-refractivity contribution in [2.45, 2.75) is 46.3 Å². The maximum absolute atomic E-state index is 12.1. The summed E-state index contributed by atoms with van der Waals surface area (Å²) in [5, 5.41) is 8.44. The molecule has 1 aromatic carbocycles. The van der Waals surface area contributed by atoms with Gasteiger partial charge in [-0.1, -0.05) is 0 Å². The van der Waals surface area contributed by atoms with E-state index in [1.165, 1.54) is 0 Å². The maximum Gasteiger partial charge on any atom is 0.319 e. The van der Waals surface area contributed by atoms with Crippen molar-refractivity contribution < 1.29 is 9.59 Å². The van der Waals surface area contributed by atoms with Gasteiger partial charge in [0.15, 0.2) is 0 Å². The highest BCUT2D eigenvalue weighted by Crippen LogP contribution is 2.20. The molecule has 26 heavy (non-hydrogen) atoms. The largest absolute Gasteiger partial charge is 0.336 e. The third-order valence-corrected chi connectivity index (χ3v) is 3.79. The first-order chi connectivity index (χ1) is 12.2. The third-order valence-electron chi connectivity index (χ3n) is 3.79. The van der Waals surface area contributed by atoms with Crippen LogP contribution in [-0.4, -0.2) is 45.6 Å². The number of amides is 4. The van der Waals surface area contributed by atoms with Gasteiger partial charge in [0, 0.05) is 31.9 Å². The first-order valence-electron chi connectivity index (χ1n) is 8.72. The van der Waals surface area contributed by atoms with Gasteiger partial charge in [-0.2, -0.15) is 0 Å². The fourth-order valence-electron chi connectivity index (χ4n) is 2.54. The van der Waals surface area contributed by atoms with Crippen LogP contribution in [0.2, 0.25) is 0 Å². The minimum atomic E-state index is -0.249. The molecule has 0 radical (unpaired) electrons. The molecule has 0 saturated heterocycles. The average Bonchev–Trinajstić information content (AvgIpc) is 2.81. The predicted octanol–water partition coefficient (Wildman–Crippen LogP) is 2.65. The van der Waals surface area contributed by atoms with Crippen LogP contribution in [0.25, 0.3) is 11.0 Å². The molecule has 0 aliphatic rings. The number of rotatable bonds is 5. The number of anilines is 1. The lowest BCUT2D eigenvalue weighted by Gasteiger charge is -2.19. The van der Waals surface area contributed by atoms with E-state index in [0.717, 1.165) is 16.9 Å². The van der Waals surface area contributed by atoms with Crippen LogP contribution < -0.4 is 16.0 Å². The molecule has 0 aliphatic heterocycles. The standard InChI is InChI=1S/C18H28N6O2/c1-11(2)19-17(25)21-13-7-8-15-14(9-13)22-16(24(15)6)10-23(5)18(26)20-12(3)4/h7-9,11-12H,10H2,1-6H3,(H,20,26)(H2,19,21,25). The SMILES string of the molecule is CC(C)NC(=O)Nc1ccc2c(c1)nc(CN(C)C(=O)NC(C)C)n2C. The lowest BCUT2D eigenvalue weighted by Crippen LogP contribution is -2.40. The van der Waals surface area contributed by atoms with Gasteiger partial charge in [0.25, 0.3) is 0 Å². The van der Waals surface area contributed by atoms with Crippen LogP contribution >= 0.6 is 0 Å². The minimum absolute atomic E-state index is 0.0627. The van der Waals surface area contributed by atoms with Gasteiger partial charge in [0.1, 0.15) is 5.82 Å².